The molecule has 27 heavy (non-hydrogen) atoms. The van der Waals surface area contributed by atoms with Crippen molar-refractivity contribution in [3.05, 3.63) is 56.5 Å². The Labute approximate surface area is 169 Å². The molecule has 1 heterocycles. The van der Waals surface area contributed by atoms with Crippen molar-refractivity contribution in [2.24, 2.45) is 5.73 Å². The van der Waals surface area contributed by atoms with Crippen LogP contribution in [0.2, 0.25) is 15.1 Å². The van der Waals surface area contributed by atoms with Crippen molar-refractivity contribution in [2.75, 3.05) is 6.54 Å². The lowest BCUT2D eigenvalue weighted by atomic mass is 9.99. The van der Waals surface area contributed by atoms with Crippen LogP contribution in [0.25, 0.3) is 22.2 Å². The lowest BCUT2D eigenvalue weighted by Gasteiger charge is -2.11. The largest absolute Gasteiger partial charge is 0.416 e. The Balaban J connectivity index is 2.24. The predicted octanol–water partition coefficient (Wildman–Crippen LogP) is 7.10. The van der Waals surface area contributed by atoms with Gasteiger partial charge in [-0.2, -0.15) is 13.2 Å². The van der Waals surface area contributed by atoms with E-state index in [2.05, 4.69) is 4.98 Å². The number of alkyl halides is 3. The molecule has 8 heteroatoms. The fraction of sp³-hybridized carbons (Fsp3) is 0.263. The number of hydrogen-bond acceptors (Lipinski definition) is 1. The van der Waals surface area contributed by atoms with Gasteiger partial charge in [0.15, 0.2) is 0 Å². The summed E-state index contributed by atoms with van der Waals surface area (Å²) in [5.41, 5.74) is 7.02. The molecule has 0 unspecified atom stereocenters. The summed E-state index contributed by atoms with van der Waals surface area (Å²) in [4.78, 5) is 3.14. The van der Waals surface area contributed by atoms with Gasteiger partial charge in [-0.3, -0.25) is 0 Å². The topological polar surface area (TPSA) is 41.8 Å². The molecule has 0 atom stereocenters. The zero-order valence-corrected chi connectivity index (χ0v) is 16.3. The SMILES string of the molecule is NCCCCc1c(-c2cc(C(F)(F)F)ccc2Cl)[nH]c2c(Cl)c(Cl)ccc12. The van der Waals surface area contributed by atoms with Gasteiger partial charge in [-0.25, -0.2) is 0 Å². The van der Waals surface area contributed by atoms with Crippen LogP contribution in [-0.2, 0) is 12.6 Å². The first-order valence-electron chi connectivity index (χ1n) is 8.29. The first-order valence-corrected chi connectivity index (χ1v) is 9.43. The van der Waals surface area contributed by atoms with Crippen LogP contribution in [-0.4, -0.2) is 11.5 Å². The van der Waals surface area contributed by atoms with Crippen LogP contribution in [0.5, 0.6) is 0 Å². The van der Waals surface area contributed by atoms with Gasteiger partial charge < -0.3 is 10.7 Å². The fourth-order valence-corrected chi connectivity index (χ4v) is 3.67. The second-order valence-corrected chi connectivity index (χ2v) is 7.39. The molecule has 0 aliphatic rings. The van der Waals surface area contributed by atoms with Crippen LogP contribution >= 0.6 is 34.8 Å². The molecule has 2 aromatic carbocycles. The molecular weight excluding hydrogens is 420 g/mol. The summed E-state index contributed by atoms with van der Waals surface area (Å²) in [6.45, 7) is 0.536. The normalized spacial score (nSPS) is 12.1. The Morgan fingerprint density at radius 1 is 0.963 bits per heavy atom. The Morgan fingerprint density at radius 2 is 1.67 bits per heavy atom. The Hall–Kier alpha value is -1.40. The Bertz CT molecular complexity index is 980. The van der Waals surface area contributed by atoms with Gasteiger partial charge in [0.25, 0.3) is 0 Å². The molecule has 0 amide bonds. The highest BCUT2D eigenvalue weighted by Gasteiger charge is 2.31. The van der Waals surface area contributed by atoms with Crippen molar-refractivity contribution in [1.82, 2.24) is 4.98 Å². The van der Waals surface area contributed by atoms with E-state index in [9.17, 15) is 13.2 Å². The Kier molecular flexibility index (Phi) is 5.96. The van der Waals surface area contributed by atoms with Gasteiger partial charge in [-0.15, -0.1) is 0 Å². The van der Waals surface area contributed by atoms with E-state index in [0.717, 1.165) is 35.9 Å². The van der Waals surface area contributed by atoms with Crippen molar-refractivity contribution in [3.8, 4) is 11.3 Å². The first kappa shape index (κ1) is 20.3. The number of hydrogen-bond donors (Lipinski definition) is 2. The Morgan fingerprint density at radius 3 is 2.33 bits per heavy atom. The monoisotopic (exact) mass is 434 g/mol. The standard InChI is InChI=1S/C19H16Cl3F3N2/c20-14-6-4-10(19(23,24)25)9-13(14)17-11(3-1-2-8-26)12-5-7-15(21)16(22)18(12)27-17/h4-7,9,27H,1-3,8,26H2. The highest BCUT2D eigenvalue weighted by atomic mass is 35.5. The van der Waals surface area contributed by atoms with Gasteiger partial charge in [0.2, 0.25) is 0 Å². The van der Waals surface area contributed by atoms with E-state index < -0.39 is 11.7 Å². The molecular formula is C19H16Cl3F3N2. The van der Waals surface area contributed by atoms with Crippen LogP contribution in [0, 0.1) is 0 Å². The van der Waals surface area contributed by atoms with Crippen LogP contribution < -0.4 is 5.73 Å². The van der Waals surface area contributed by atoms with Crippen molar-refractivity contribution in [3.63, 3.8) is 0 Å². The summed E-state index contributed by atoms with van der Waals surface area (Å²) in [6, 6.07) is 6.75. The minimum atomic E-state index is -4.47. The number of H-pyrrole nitrogens is 1. The van der Waals surface area contributed by atoms with E-state index in [1.807, 2.05) is 6.07 Å². The van der Waals surface area contributed by atoms with E-state index >= 15 is 0 Å². The molecule has 2 nitrogen and oxygen atoms in total. The first-order chi connectivity index (χ1) is 12.7. The summed E-state index contributed by atoms with van der Waals surface area (Å²) in [5, 5.41) is 1.71. The maximum atomic E-state index is 13.2. The number of benzene rings is 2. The number of fused-ring (bicyclic) bond motifs is 1. The number of unbranched alkanes of at least 4 members (excludes halogenated alkanes) is 1. The van der Waals surface area contributed by atoms with Gasteiger partial charge in [0.05, 0.1) is 26.8 Å². The smallest absolute Gasteiger partial charge is 0.353 e. The number of nitrogens with two attached hydrogens (primary N) is 1. The summed E-state index contributed by atoms with van der Waals surface area (Å²) in [6.07, 6.45) is -2.26. The molecule has 0 spiro atoms. The molecule has 0 saturated heterocycles. The average Bonchev–Trinajstić information content (AvgIpc) is 2.97. The summed E-state index contributed by atoms with van der Waals surface area (Å²) in [5.74, 6) is 0. The van der Waals surface area contributed by atoms with Crippen molar-refractivity contribution in [1.29, 1.82) is 0 Å². The number of aryl methyl sites for hydroxylation is 1. The van der Waals surface area contributed by atoms with Crippen LogP contribution in [0.15, 0.2) is 30.3 Å². The third kappa shape index (κ3) is 4.06. The maximum Gasteiger partial charge on any atom is 0.416 e. The quantitative estimate of drug-likeness (QED) is 0.412. The minimum absolute atomic E-state index is 0.219. The van der Waals surface area contributed by atoms with Crippen LogP contribution in [0.4, 0.5) is 13.2 Å². The zero-order chi connectivity index (χ0) is 19.8. The zero-order valence-electron chi connectivity index (χ0n) is 14.1. The average molecular weight is 436 g/mol. The highest BCUT2D eigenvalue weighted by molar-refractivity contribution is 6.45. The molecule has 0 fully saturated rings. The molecule has 144 valence electrons. The van der Waals surface area contributed by atoms with Gasteiger partial charge in [0.1, 0.15) is 0 Å². The minimum Gasteiger partial charge on any atom is -0.353 e. The highest BCUT2D eigenvalue weighted by Crippen LogP contribution is 2.41. The van der Waals surface area contributed by atoms with E-state index in [0.29, 0.717) is 34.2 Å². The number of rotatable bonds is 5. The summed E-state index contributed by atoms with van der Waals surface area (Å²) >= 11 is 18.6. The number of nitrogens with one attached hydrogen (secondary N) is 1. The van der Waals surface area contributed by atoms with Crippen molar-refractivity contribution in [2.45, 2.75) is 25.4 Å². The van der Waals surface area contributed by atoms with Crippen molar-refractivity contribution >= 4 is 45.7 Å². The lowest BCUT2D eigenvalue weighted by molar-refractivity contribution is -0.137. The predicted molar refractivity (Wildman–Crippen MR) is 106 cm³/mol. The van der Waals surface area contributed by atoms with Gasteiger partial charge in [0, 0.05) is 16.0 Å². The third-order valence-corrected chi connectivity index (χ3v) is 5.55. The number of halogens is 6. The molecule has 3 N–H and O–H groups in total. The van der Waals surface area contributed by atoms with E-state index in [1.165, 1.54) is 6.07 Å². The van der Waals surface area contributed by atoms with Gasteiger partial charge in [-0.1, -0.05) is 40.9 Å². The van der Waals surface area contributed by atoms with E-state index in [1.54, 1.807) is 6.07 Å². The number of aromatic amines is 1. The van der Waals surface area contributed by atoms with E-state index in [-0.39, 0.29) is 10.6 Å². The second kappa shape index (κ2) is 7.92. The van der Waals surface area contributed by atoms with Crippen LogP contribution in [0.3, 0.4) is 0 Å². The third-order valence-electron chi connectivity index (χ3n) is 4.42. The molecule has 3 rings (SSSR count). The van der Waals surface area contributed by atoms with Crippen LogP contribution in [0.1, 0.15) is 24.0 Å². The van der Waals surface area contributed by atoms with Gasteiger partial charge >= 0.3 is 6.18 Å². The fourth-order valence-electron chi connectivity index (χ4n) is 3.09. The van der Waals surface area contributed by atoms with Gasteiger partial charge in [-0.05, 0) is 55.6 Å². The molecule has 0 radical (unpaired) electrons. The number of aromatic nitrogens is 1. The molecule has 0 aliphatic carbocycles. The van der Waals surface area contributed by atoms with E-state index in [4.69, 9.17) is 40.5 Å². The maximum absolute atomic E-state index is 13.2. The second-order valence-electron chi connectivity index (χ2n) is 6.20. The summed E-state index contributed by atoms with van der Waals surface area (Å²) in [7, 11) is 0. The molecule has 1 aromatic heterocycles. The van der Waals surface area contributed by atoms with Crippen molar-refractivity contribution < 1.29 is 13.2 Å². The molecule has 0 aliphatic heterocycles. The lowest BCUT2D eigenvalue weighted by Crippen LogP contribution is -2.05. The molecule has 0 saturated carbocycles. The molecule has 0 bridgehead atoms. The summed E-state index contributed by atoms with van der Waals surface area (Å²) < 4.78 is 39.5. The molecule has 3 aromatic rings.